The van der Waals surface area contributed by atoms with Gasteiger partial charge >= 0.3 is 0 Å². The van der Waals surface area contributed by atoms with E-state index in [-0.39, 0.29) is 23.8 Å². The van der Waals surface area contributed by atoms with E-state index in [9.17, 15) is 9.59 Å². The molecule has 6 heteroatoms. The van der Waals surface area contributed by atoms with E-state index in [1.54, 1.807) is 32.4 Å². The summed E-state index contributed by atoms with van der Waals surface area (Å²) in [6.07, 6.45) is 1.31. The molecule has 1 fully saturated rings. The van der Waals surface area contributed by atoms with Crippen molar-refractivity contribution >= 4 is 17.5 Å². The van der Waals surface area contributed by atoms with Gasteiger partial charge in [0, 0.05) is 42.4 Å². The van der Waals surface area contributed by atoms with E-state index in [0.29, 0.717) is 43.0 Å². The molecule has 172 valence electrons. The highest BCUT2D eigenvalue weighted by Crippen LogP contribution is 2.30. The standard InChI is InChI=1S/C26H34N2O4/c1-17(2)28(24-13-18(3)7-8-19(24)4)26(30)20-9-11-27(12-10-20)25(29)21-14-22(31-5)16-23(15-21)32-6/h7-8,13-17,20H,9-12H2,1-6H3. The van der Waals surface area contributed by atoms with Gasteiger partial charge in [0.2, 0.25) is 5.91 Å². The van der Waals surface area contributed by atoms with Crippen LogP contribution in [0.1, 0.15) is 48.2 Å². The number of rotatable bonds is 6. The minimum atomic E-state index is -0.0961. The van der Waals surface area contributed by atoms with Crippen molar-refractivity contribution in [3.8, 4) is 11.5 Å². The van der Waals surface area contributed by atoms with Gasteiger partial charge in [0.25, 0.3) is 5.91 Å². The maximum Gasteiger partial charge on any atom is 0.254 e. The van der Waals surface area contributed by atoms with Crippen LogP contribution in [0.4, 0.5) is 5.69 Å². The van der Waals surface area contributed by atoms with Gasteiger partial charge in [-0.1, -0.05) is 12.1 Å². The molecule has 1 aliphatic heterocycles. The molecule has 0 aromatic heterocycles. The fraction of sp³-hybridized carbons (Fsp3) is 0.462. The highest BCUT2D eigenvalue weighted by molar-refractivity contribution is 5.97. The SMILES string of the molecule is COc1cc(OC)cc(C(=O)N2CCC(C(=O)N(c3cc(C)ccc3C)C(C)C)CC2)c1. The van der Waals surface area contributed by atoms with Gasteiger partial charge in [0.1, 0.15) is 11.5 Å². The molecule has 1 saturated heterocycles. The number of benzene rings is 2. The molecule has 2 aromatic rings. The molecule has 1 aliphatic rings. The summed E-state index contributed by atoms with van der Waals surface area (Å²) in [7, 11) is 3.13. The zero-order valence-electron chi connectivity index (χ0n) is 20.0. The Morgan fingerprint density at radius 3 is 2.09 bits per heavy atom. The molecule has 2 amide bonds. The number of methoxy groups -OCH3 is 2. The van der Waals surface area contributed by atoms with Gasteiger partial charge in [-0.15, -0.1) is 0 Å². The summed E-state index contributed by atoms with van der Waals surface area (Å²) in [5, 5.41) is 0. The minimum absolute atomic E-state index is 0.0620. The van der Waals surface area contributed by atoms with Crippen molar-refractivity contribution in [3.63, 3.8) is 0 Å². The van der Waals surface area contributed by atoms with Crippen molar-refractivity contribution in [3.05, 3.63) is 53.1 Å². The highest BCUT2D eigenvalue weighted by Gasteiger charge is 2.33. The van der Waals surface area contributed by atoms with Crippen LogP contribution in [0, 0.1) is 19.8 Å². The summed E-state index contributed by atoms with van der Waals surface area (Å²) < 4.78 is 10.6. The van der Waals surface area contributed by atoms with Crippen LogP contribution in [0.15, 0.2) is 36.4 Å². The average molecular weight is 439 g/mol. The Labute approximate surface area is 191 Å². The number of hydrogen-bond donors (Lipinski definition) is 0. The molecule has 6 nitrogen and oxygen atoms in total. The van der Waals surface area contributed by atoms with Crippen LogP contribution >= 0.6 is 0 Å². The minimum Gasteiger partial charge on any atom is -0.497 e. The van der Waals surface area contributed by atoms with Gasteiger partial charge in [-0.2, -0.15) is 0 Å². The van der Waals surface area contributed by atoms with E-state index in [2.05, 4.69) is 32.0 Å². The van der Waals surface area contributed by atoms with E-state index >= 15 is 0 Å². The maximum absolute atomic E-state index is 13.5. The molecule has 0 saturated carbocycles. The number of likely N-dealkylation sites (tertiary alicyclic amines) is 1. The maximum atomic E-state index is 13.5. The van der Waals surface area contributed by atoms with Crippen LogP contribution in [-0.4, -0.2) is 50.1 Å². The molecule has 0 bridgehead atoms. The van der Waals surface area contributed by atoms with Crippen LogP contribution < -0.4 is 14.4 Å². The molecular weight excluding hydrogens is 404 g/mol. The van der Waals surface area contributed by atoms with E-state index in [4.69, 9.17) is 9.47 Å². The molecule has 0 unspecified atom stereocenters. The van der Waals surface area contributed by atoms with Crippen LogP contribution in [-0.2, 0) is 4.79 Å². The van der Waals surface area contributed by atoms with Crippen molar-refractivity contribution in [2.24, 2.45) is 5.92 Å². The summed E-state index contributed by atoms with van der Waals surface area (Å²) in [4.78, 5) is 30.3. The number of hydrogen-bond acceptors (Lipinski definition) is 4. The summed E-state index contributed by atoms with van der Waals surface area (Å²) in [6, 6.07) is 11.5. The van der Waals surface area contributed by atoms with Gasteiger partial charge < -0.3 is 19.3 Å². The first-order valence-electron chi connectivity index (χ1n) is 11.2. The number of carbonyl (C=O) groups is 2. The topological polar surface area (TPSA) is 59.1 Å². The Morgan fingerprint density at radius 1 is 0.969 bits per heavy atom. The number of aryl methyl sites for hydroxylation is 2. The molecule has 0 radical (unpaired) electrons. The Balaban J connectivity index is 1.72. The smallest absolute Gasteiger partial charge is 0.254 e. The second kappa shape index (κ2) is 10.1. The zero-order valence-corrected chi connectivity index (χ0v) is 20.0. The lowest BCUT2D eigenvalue weighted by atomic mass is 9.93. The van der Waals surface area contributed by atoms with Crippen LogP contribution in [0.5, 0.6) is 11.5 Å². The Bertz CT molecular complexity index is 956. The molecular formula is C26H34N2O4. The first-order chi connectivity index (χ1) is 15.2. The molecule has 0 spiro atoms. The molecule has 1 heterocycles. The molecule has 0 aliphatic carbocycles. The number of ether oxygens (including phenoxy) is 2. The first kappa shape index (κ1) is 23.6. The molecule has 3 rings (SSSR count). The van der Waals surface area contributed by atoms with Gasteiger partial charge in [-0.05, 0) is 69.9 Å². The third kappa shape index (κ3) is 5.06. The van der Waals surface area contributed by atoms with Crippen molar-refractivity contribution in [2.45, 2.75) is 46.6 Å². The monoisotopic (exact) mass is 438 g/mol. The molecule has 32 heavy (non-hydrogen) atoms. The number of nitrogens with zero attached hydrogens (tertiary/aromatic N) is 2. The second-order valence-corrected chi connectivity index (χ2v) is 8.76. The average Bonchev–Trinajstić information content (AvgIpc) is 2.80. The fourth-order valence-electron chi connectivity index (χ4n) is 4.27. The quantitative estimate of drug-likeness (QED) is 0.661. The van der Waals surface area contributed by atoms with Crippen molar-refractivity contribution < 1.29 is 19.1 Å². The molecule has 0 N–H and O–H groups in total. The van der Waals surface area contributed by atoms with Crippen molar-refractivity contribution in [1.82, 2.24) is 4.90 Å². The van der Waals surface area contributed by atoms with Gasteiger partial charge in [-0.3, -0.25) is 9.59 Å². The summed E-state index contributed by atoms with van der Waals surface area (Å²) in [6.45, 7) is 9.29. The Hall–Kier alpha value is -3.02. The number of anilines is 1. The van der Waals surface area contributed by atoms with E-state index in [1.807, 2.05) is 23.6 Å². The summed E-state index contributed by atoms with van der Waals surface area (Å²) in [5.41, 5.74) is 3.74. The van der Waals surface area contributed by atoms with Crippen molar-refractivity contribution in [2.75, 3.05) is 32.2 Å². The van der Waals surface area contributed by atoms with Crippen LogP contribution in [0.2, 0.25) is 0 Å². The fourth-order valence-corrected chi connectivity index (χ4v) is 4.27. The Morgan fingerprint density at radius 2 is 1.56 bits per heavy atom. The van der Waals surface area contributed by atoms with E-state index in [1.165, 1.54) is 0 Å². The van der Waals surface area contributed by atoms with Gasteiger partial charge in [0.05, 0.1) is 14.2 Å². The van der Waals surface area contributed by atoms with E-state index < -0.39 is 0 Å². The second-order valence-electron chi connectivity index (χ2n) is 8.76. The van der Waals surface area contributed by atoms with Gasteiger partial charge in [0.15, 0.2) is 0 Å². The third-order valence-corrected chi connectivity index (χ3v) is 6.11. The van der Waals surface area contributed by atoms with E-state index in [0.717, 1.165) is 16.8 Å². The predicted molar refractivity (Wildman–Crippen MR) is 127 cm³/mol. The molecule has 0 atom stereocenters. The summed E-state index contributed by atoms with van der Waals surface area (Å²) in [5.74, 6) is 1.14. The highest BCUT2D eigenvalue weighted by atomic mass is 16.5. The lowest BCUT2D eigenvalue weighted by Gasteiger charge is -2.36. The first-order valence-corrected chi connectivity index (χ1v) is 11.2. The normalized spacial score (nSPS) is 14.4. The van der Waals surface area contributed by atoms with Crippen LogP contribution in [0.3, 0.4) is 0 Å². The largest absolute Gasteiger partial charge is 0.497 e. The van der Waals surface area contributed by atoms with Gasteiger partial charge in [-0.25, -0.2) is 0 Å². The lowest BCUT2D eigenvalue weighted by molar-refractivity contribution is -0.124. The number of piperidine rings is 1. The third-order valence-electron chi connectivity index (χ3n) is 6.11. The number of amides is 2. The summed E-state index contributed by atoms with van der Waals surface area (Å²) >= 11 is 0. The predicted octanol–water partition coefficient (Wildman–Crippen LogP) is 4.61. The lowest BCUT2D eigenvalue weighted by Crippen LogP contribution is -2.46. The molecule has 2 aromatic carbocycles. The van der Waals surface area contributed by atoms with Crippen molar-refractivity contribution in [1.29, 1.82) is 0 Å². The Kier molecular flexibility index (Phi) is 7.44. The number of carbonyl (C=O) groups excluding carboxylic acids is 2. The van der Waals surface area contributed by atoms with Crippen LogP contribution in [0.25, 0.3) is 0 Å². The zero-order chi connectivity index (χ0) is 23.4.